The lowest BCUT2D eigenvalue weighted by Crippen LogP contribution is -2.21. The van der Waals surface area contributed by atoms with E-state index in [9.17, 15) is 4.79 Å². The molecule has 4 nitrogen and oxygen atoms in total. The zero-order valence-corrected chi connectivity index (χ0v) is 6.41. The highest BCUT2D eigenvalue weighted by Gasteiger charge is 2.14. The molecule has 0 fully saturated rings. The van der Waals surface area contributed by atoms with Crippen LogP contribution in [0.4, 0.5) is 0 Å². The Kier molecular flexibility index (Phi) is 2.56. The number of aromatic nitrogens is 1. The molecular weight excluding hydrogens is 166 g/mol. The minimum Gasteiger partial charge on any atom is -0.479 e. The zero-order valence-electron chi connectivity index (χ0n) is 5.60. The third-order valence-corrected chi connectivity index (χ3v) is 1.94. The van der Waals surface area contributed by atoms with E-state index in [1.165, 1.54) is 11.3 Å². The maximum atomic E-state index is 10.2. The second-order valence-corrected chi connectivity index (χ2v) is 2.96. The Labute approximate surface area is 67.1 Å². The van der Waals surface area contributed by atoms with Gasteiger partial charge in [-0.05, 0) is 0 Å². The summed E-state index contributed by atoms with van der Waals surface area (Å²) in [4.78, 5) is 14.0. The molecule has 0 aromatic carbocycles. The van der Waals surface area contributed by atoms with E-state index in [1.54, 1.807) is 11.6 Å². The van der Waals surface area contributed by atoms with E-state index >= 15 is 0 Å². The molecule has 0 saturated heterocycles. The fourth-order valence-corrected chi connectivity index (χ4v) is 1.26. The Morgan fingerprint density at radius 3 is 3.00 bits per heavy atom. The fourth-order valence-electron chi connectivity index (χ4n) is 0.606. The third-order valence-electron chi connectivity index (χ3n) is 1.14. The molecule has 1 unspecified atom stereocenters. The Balaban J connectivity index is 2.50. The van der Waals surface area contributed by atoms with Crippen molar-refractivity contribution in [1.29, 1.82) is 0 Å². The first-order valence-corrected chi connectivity index (χ1v) is 3.87. The molecule has 0 spiro atoms. The van der Waals surface area contributed by atoms with Crippen LogP contribution in [0.2, 0.25) is 0 Å². The number of carboxylic acids is 1. The van der Waals surface area contributed by atoms with Gasteiger partial charge in [0.15, 0.2) is 6.10 Å². The van der Waals surface area contributed by atoms with Gasteiger partial charge in [0.2, 0.25) is 0 Å². The average molecular weight is 173 g/mol. The number of aliphatic carboxylic acids is 1. The molecule has 0 amide bonds. The van der Waals surface area contributed by atoms with Gasteiger partial charge < -0.3 is 10.2 Å². The van der Waals surface area contributed by atoms with Gasteiger partial charge in [-0.15, -0.1) is 11.3 Å². The van der Waals surface area contributed by atoms with E-state index in [1.807, 2.05) is 0 Å². The molecule has 1 aromatic rings. The second kappa shape index (κ2) is 3.45. The summed E-state index contributed by atoms with van der Waals surface area (Å²) in [5.74, 6) is -1.21. The summed E-state index contributed by atoms with van der Waals surface area (Å²) in [5, 5.41) is 19.6. The van der Waals surface area contributed by atoms with Crippen LogP contribution in [0, 0.1) is 0 Å². The van der Waals surface area contributed by atoms with Gasteiger partial charge in [0.1, 0.15) is 0 Å². The standard InChI is InChI=1S/C6H7NO3S/c8-4(6(9)10)3-5-7-1-2-11-5/h1-2,4,8H,3H2,(H,9,10). The van der Waals surface area contributed by atoms with Crippen LogP contribution in [-0.4, -0.2) is 27.3 Å². The summed E-state index contributed by atoms with van der Waals surface area (Å²) in [6.45, 7) is 0. The van der Waals surface area contributed by atoms with Crippen LogP contribution in [-0.2, 0) is 11.2 Å². The molecule has 1 aromatic heterocycles. The van der Waals surface area contributed by atoms with E-state index in [0.29, 0.717) is 5.01 Å². The number of rotatable bonds is 3. The number of thiazole rings is 1. The Morgan fingerprint density at radius 1 is 1.82 bits per heavy atom. The van der Waals surface area contributed by atoms with E-state index in [-0.39, 0.29) is 6.42 Å². The number of hydrogen-bond donors (Lipinski definition) is 2. The lowest BCUT2D eigenvalue weighted by Gasteiger charge is -2.00. The predicted molar refractivity (Wildman–Crippen MR) is 39.5 cm³/mol. The van der Waals surface area contributed by atoms with Crippen molar-refractivity contribution in [1.82, 2.24) is 4.98 Å². The normalized spacial score (nSPS) is 12.8. The number of carbonyl (C=O) groups is 1. The van der Waals surface area contributed by atoms with Crippen molar-refractivity contribution in [2.24, 2.45) is 0 Å². The van der Waals surface area contributed by atoms with Gasteiger partial charge in [-0.25, -0.2) is 9.78 Å². The number of aliphatic hydroxyl groups excluding tert-OH is 1. The molecule has 0 radical (unpaired) electrons. The van der Waals surface area contributed by atoms with E-state index in [4.69, 9.17) is 10.2 Å². The smallest absolute Gasteiger partial charge is 0.332 e. The highest BCUT2D eigenvalue weighted by atomic mass is 32.1. The first kappa shape index (κ1) is 8.16. The zero-order chi connectivity index (χ0) is 8.27. The number of nitrogens with zero attached hydrogens (tertiary/aromatic N) is 1. The van der Waals surface area contributed by atoms with E-state index in [2.05, 4.69) is 4.98 Å². The SMILES string of the molecule is O=C(O)C(O)Cc1nccs1. The quantitative estimate of drug-likeness (QED) is 0.681. The minimum absolute atomic E-state index is 0.0903. The van der Waals surface area contributed by atoms with Gasteiger partial charge in [-0.1, -0.05) is 0 Å². The van der Waals surface area contributed by atoms with Crippen LogP contribution >= 0.6 is 11.3 Å². The van der Waals surface area contributed by atoms with E-state index < -0.39 is 12.1 Å². The van der Waals surface area contributed by atoms with Gasteiger partial charge >= 0.3 is 5.97 Å². The Bertz CT molecular complexity index is 234. The lowest BCUT2D eigenvalue weighted by atomic mass is 10.3. The predicted octanol–water partition coefficient (Wildman–Crippen LogP) is 0.131. The van der Waals surface area contributed by atoms with Crippen molar-refractivity contribution in [3.8, 4) is 0 Å². The first-order valence-electron chi connectivity index (χ1n) is 2.99. The molecule has 60 valence electrons. The molecule has 0 aliphatic carbocycles. The Morgan fingerprint density at radius 2 is 2.55 bits per heavy atom. The molecule has 0 bridgehead atoms. The molecule has 11 heavy (non-hydrogen) atoms. The first-order chi connectivity index (χ1) is 5.20. The van der Waals surface area contributed by atoms with Gasteiger partial charge in [-0.2, -0.15) is 0 Å². The highest BCUT2D eigenvalue weighted by Crippen LogP contribution is 2.06. The summed E-state index contributed by atoms with van der Waals surface area (Å²) in [6, 6.07) is 0. The topological polar surface area (TPSA) is 70.4 Å². The van der Waals surface area contributed by atoms with Crippen LogP contribution < -0.4 is 0 Å². The number of carboxylic acid groups (broad SMARTS) is 1. The van der Waals surface area contributed by atoms with Crippen LogP contribution in [0.1, 0.15) is 5.01 Å². The summed E-state index contributed by atoms with van der Waals surface area (Å²) in [7, 11) is 0. The maximum Gasteiger partial charge on any atom is 0.332 e. The molecule has 2 N–H and O–H groups in total. The van der Waals surface area contributed by atoms with Crippen molar-refractivity contribution in [3.05, 3.63) is 16.6 Å². The lowest BCUT2D eigenvalue weighted by molar-refractivity contribution is -0.146. The molecule has 1 atom stereocenters. The maximum absolute atomic E-state index is 10.2. The summed E-state index contributed by atoms with van der Waals surface area (Å²) >= 11 is 1.33. The van der Waals surface area contributed by atoms with Crippen LogP contribution in [0.15, 0.2) is 11.6 Å². The molecular formula is C6H7NO3S. The summed E-state index contributed by atoms with van der Waals surface area (Å²) in [5.41, 5.74) is 0. The number of aliphatic hydroxyl groups is 1. The summed E-state index contributed by atoms with van der Waals surface area (Å²) in [6.07, 6.45) is 0.336. The molecule has 0 saturated carbocycles. The van der Waals surface area contributed by atoms with Crippen molar-refractivity contribution in [3.63, 3.8) is 0 Å². The van der Waals surface area contributed by atoms with Crippen molar-refractivity contribution >= 4 is 17.3 Å². The van der Waals surface area contributed by atoms with Crippen LogP contribution in [0.25, 0.3) is 0 Å². The van der Waals surface area contributed by atoms with Crippen LogP contribution in [0.3, 0.4) is 0 Å². The van der Waals surface area contributed by atoms with E-state index in [0.717, 1.165) is 0 Å². The molecule has 0 aliphatic heterocycles. The molecule has 1 heterocycles. The van der Waals surface area contributed by atoms with Gasteiger partial charge in [0, 0.05) is 18.0 Å². The molecule has 1 rings (SSSR count). The van der Waals surface area contributed by atoms with Crippen LogP contribution in [0.5, 0.6) is 0 Å². The average Bonchev–Trinajstić information content (AvgIpc) is 2.39. The molecule has 5 heteroatoms. The minimum atomic E-state index is -1.33. The fraction of sp³-hybridized carbons (Fsp3) is 0.333. The molecule has 0 aliphatic rings. The Hall–Kier alpha value is -0.940. The highest BCUT2D eigenvalue weighted by molar-refractivity contribution is 7.09. The third kappa shape index (κ3) is 2.28. The van der Waals surface area contributed by atoms with Gasteiger partial charge in [-0.3, -0.25) is 0 Å². The van der Waals surface area contributed by atoms with Gasteiger partial charge in [0.05, 0.1) is 5.01 Å². The van der Waals surface area contributed by atoms with Crippen molar-refractivity contribution in [2.75, 3.05) is 0 Å². The number of hydrogen-bond acceptors (Lipinski definition) is 4. The van der Waals surface area contributed by atoms with Crippen molar-refractivity contribution < 1.29 is 15.0 Å². The summed E-state index contributed by atoms with van der Waals surface area (Å²) < 4.78 is 0. The monoisotopic (exact) mass is 173 g/mol. The second-order valence-electron chi connectivity index (χ2n) is 1.98. The van der Waals surface area contributed by atoms with Crippen molar-refractivity contribution in [2.45, 2.75) is 12.5 Å². The van der Waals surface area contributed by atoms with Gasteiger partial charge in [0.25, 0.3) is 0 Å². The largest absolute Gasteiger partial charge is 0.479 e.